The van der Waals surface area contributed by atoms with Gasteiger partial charge in [-0.15, -0.1) is 0 Å². The molecule has 0 aromatic carbocycles. The third-order valence-corrected chi connectivity index (χ3v) is 13.3. The van der Waals surface area contributed by atoms with Gasteiger partial charge in [0.1, 0.15) is 6.61 Å². The third kappa shape index (κ3) is 78.6. The average Bonchev–Trinajstić information content (AvgIpc) is 1.76. The predicted molar refractivity (Wildman–Crippen MR) is 359 cm³/mol. The molecule has 0 aromatic heterocycles. The van der Waals surface area contributed by atoms with Gasteiger partial charge in [-0.05, 0) is 38.5 Å². The van der Waals surface area contributed by atoms with E-state index in [1.807, 2.05) is 0 Å². The summed E-state index contributed by atoms with van der Waals surface area (Å²) in [5, 5.41) is 92.1. The molecular weight excluding hydrogens is 1950 g/mol. The van der Waals surface area contributed by atoms with Crippen molar-refractivity contribution in [2.45, 2.75) is 192 Å². The second-order valence-corrected chi connectivity index (χ2v) is 22.1. The topological polar surface area (TPSA) is 640 Å². The molecule has 15 N–H and O–H groups in total. The molecule has 6 amide bonds. The Hall–Kier alpha value is -7.82. The molecule has 40 heteroatoms. The van der Waals surface area contributed by atoms with Crippen molar-refractivity contribution >= 4 is 107 Å². The Labute approximate surface area is 651 Å². The van der Waals surface area contributed by atoms with E-state index in [-0.39, 0.29) is 143 Å². The van der Waals surface area contributed by atoms with Gasteiger partial charge in [0.15, 0.2) is 0 Å². The summed E-state index contributed by atoms with van der Waals surface area (Å²) in [5.41, 5.74) is 22.2. The van der Waals surface area contributed by atoms with Crippen LogP contribution in [0.4, 0.5) is 0 Å². The molecule has 0 aromatic rings. The number of amides is 6. The van der Waals surface area contributed by atoms with Crippen LogP contribution in [0.15, 0.2) is 36.5 Å². The Morgan fingerprint density at radius 2 is 0.514 bits per heavy atom. The number of unbranched alkanes of at least 4 members (excludes halogenated alkanes) is 7. The van der Waals surface area contributed by atoms with Crippen molar-refractivity contribution in [1.82, 2.24) is 14.7 Å². The number of nitrogens with zero attached hydrogens (tertiary/aromatic N) is 3. The van der Waals surface area contributed by atoms with E-state index < -0.39 is 71.6 Å². The van der Waals surface area contributed by atoms with Crippen molar-refractivity contribution in [2.24, 2.45) is 17.8 Å². The number of aliphatic carboxylic acids is 12. The SMILES string of the molecule is CC(=O)O.CC(=O)O.COCC(=O)O.O=C(O)C(=O)O.O=C(O)C(=O)O.O=C(O)C(=O)O.O=C(O)CCCCCCN1C(=O)C=CC1=O.O=C(O)CCCCCN1C(=O)C=CC1=O.O=C(O)CCCCCN1C(=O)C=CC1=O.[CH2-][C@@H]1CCCC[C@H]1[NH-].[CH2-][C@@H]1CCCC[C@H]1[NH-].[CH2-][C@@H]1CCCC[C@H]1[NH-].[Pt+2].[Pt+2].[Pt+2]. The quantitative estimate of drug-likeness (QED) is 0.0246. The minimum absolute atomic E-state index is 0. The van der Waals surface area contributed by atoms with Gasteiger partial charge in [-0.3, -0.25) is 67.4 Å². The molecule has 3 saturated carbocycles. The van der Waals surface area contributed by atoms with Crippen LogP contribution in [-0.2, 0) is 154 Å². The number of carbonyl (C=O) groups excluding carboxylic acids is 6. The first-order chi connectivity index (χ1) is 47.4. The van der Waals surface area contributed by atoms with Crippen molar-refractivity contribution in [3.63, 3.8) is 0 Å². The zero-order valence-electron chi connectivity index (χ0n) is 58.5. The number of carboxylic acid groups (broad SMARTS) is 12. The van der Waals surface area contributed by atoms with E-state index >= 15 is 0 Å². The molecule has 105 heavy (non-hydrogen) atoms. The summed E-state index contributed by atoms with van der Waals surface area (Å²) in [7, 11) is 1.34. The van der Waals surface area contributed by atoms with Gasteiger partial charge < -0.3 is 104 Å². The van der Waals surface area contributed by atoms with Crippen molar-refractivity contribution in [3.05, 3.63) is 74.4 Å². The van der Waals surface area contributed by atoms with Gasteiger partial charge in [-0.25, -0.2) is 33.6 Å². The Morgan fingerprint density at radius 3 is 0.638 bits per heavy atom. The number of nitrogens with one attached hydrogen (secondary N) is 3. The largest absolute Gasteiger partial charge is 2.00 e. The second-order valence-electron chi connectivity index (χ2n) is 22.1. The standard InChI is InChI=1S/C11H15NO4.2C10H13NO4.3C7H13N.C3H6O3.3C2H2O4.2C2H4O2.3Pt/c13-9-6-7-10(14)12(9)8-4-2-1-3-5-11(15)16;2*12-8-5-6-9(13)11(8)7-3-1-2-4-10(14)15;3*1-6-4-2-3-5-7(6)8;1-6-2-3(4)5;3*3-1(4)2(5)6;2*1-2(3)4;;;/h6-7H,1-5,8H2,(H,15,16);2*5-6H,1-4,7H2,(H,14,15);3*6-8H,1-5H2;2H2,1H3,(H,4,5);3*(H,3,4)(H,5,6);2*1H3,(H,3,4);;;/q;;;3*-2;;;;;;;3*+2/t;;;3*6-,7-;;;;;;;;;/m...111........./s1. The number of rotatable bonds is 21. The fraction of sp³-hybridized carbons (Fsp3) is 0.585. The maximum absolute atomic E-state index is 11.1. The number of carboxylic acids is 12. The van der Waals surface area contributed by atoms with E-state index in [9.17, 15) is 47.9 Å². The molecule has 0 unspecified atom stereocenters. The molecule has 6 rings (SSSR count). The van der Waals surface area contributed by atoms with Crippen LogP contribution in [0.25, 0.3) is 17.2 Å². The number of imide groups is 3. The van der Waals surface area contributed by atoms with Crippen LogP contribution in [0, 0.1) is 38.5 Å². The van der Waals surface area contributed by atoms with Gasteiger partial charge in [0.2, 0.25) is 0 Å². The summed E-state index contributed by atoms with van der Waals surface area (Å²) in [6.07, 6.45) is 29.3. The van der Waals surface area contributed by atoms with Crippen LogP contribution in [0.2, 0.25) is 0 Å². The van der Waals surface area contributed by atoms with Crippen LogP contribution in [0.5, 0.6) is 0 Å². The molecule has 0 saturated heterocycles. The summed E-state index contributed by atoms with van der Waals surface area (Å²) in [4.78, 5) is 183. The zero-order valence-corrected chi connectivity index (χ0v) is 65.3. The van der Waals surface area contributed by atoms with Crippen molar-refractivity contribution in [1.29, 1.82) is 0 Å². The van der Waals surface area contributed by atoms with E-state index in [4.69, 9.17) is 117 Å². The summed E-state index contributed by atoms with van der Waals surface area (Å²) in [6.45, 7) is 14.8. The molecule has 606 valence electrons. The molecule has 0 bridgehead atoms. The Balaban J connectivity index is -0.000000140. The van der Waals surface area contributed by atoms with Gasteiger partial charge in [0, 0.05) is 96.3 Å². The zero-order chi connectivity index (χ0) is 80.0. The smallest absolute Gasteiger partial charge is 0.677 e. The van der Waals surface area contributed by atoms with Gasteiger partial charge in [-0.1, -0.05) is 103 Å². The van der Waals surface area contributed by atoms with E-state index in [2.05, 4.69) is 25.5 Å². The summed E-state index contributed by atoms with van der Waals surface area (Å²) >= 11 is 0. The summed E-state index contributed by atoms with van der Waals surface area (Å²) < 4.78 is 4.20. The van der Waals surface area contributed by atoms with Crippen LogP contribution in [-0.4, -0.2) is 235 Å². The second kappa shape index (κ2) is 73.1. The number of carbonyl (C=O) groups is 18. The average molecular weight is 2050 g/mol. The summed E-state index contributed by atoms with van der Waals surface area (Å²) in [6, 6.07) is 0.427. The molecule has 3 heterocycles. The maximum atomic E-state index is 11.1. The molecule has 6 aliphatic rings. The van der Waals surface area contributed by atoms with Gasteiger partial charge >= 0.3 is 123 Å². The minimum atomic E-state index is -1.82. The molecule has 0 spiro atoms. The monoisotopic (exact) mass is 2050 g/mol. The first kappa shape index (κ1) is 116. The van der Waals surface area contributed by atoms with Crippen LogP contribution in [0.1, 0.15) is 174 Å². The van der Waals surface area contributed by atoms with Gasteiger partial charge in [0.05, 0.1) is 0 Å². The predicted octanol–water partition coefficient (Wildman–Crippen LogP) is 6.71. The fourth-order valence-electron chi connectivity index (χ4n) is 8.05. The normalized spacial score (nSPS) is 17.9. The Morgan fingerprint density at radius 1 is 0.343 bits per heavy atom. The fourth-order valence-corrected chi connectivity index (χ4v) is 8.05. The molecule has 6 atom stereocenters. The molecule has 0 radical (unpaired) electrons. The van der Waals surface area contributed by atoms with E-state index in [0.717, 1.165) is 52.4 Å². The summed E-state index contributed by atoms with van der Waals surface area (Å²) in [5.74, 6) is -16.3. The third-order valence-electron chi connectivity index (χ3n) is 13.3. The Bertz CT molecular complexity index is 2450. The number of hydrogen-bond donors (Lipinski definition) is 12. The van der Waals surface area contributed by atoms with Crippen LogP contribution >= 0.6 is 0 Å². The number of methoxy groups -OCH3 is 1. The number of hydrogen-bond acceptors (Lipinski definition) is 19. The van der Waals surface area contributed by atoms with E-state index in [1.54, 1.807) is 0 Å². The van der Waals surface area contributed by atoms with Crippen LogP contribution < -0.4 is 0 Å². The van der Waals surface area contributed by atoms with Gasteiger partial charge in [0.25, 0.3) is 47.4 Å². The maximum Gasteiger partial charge on any atom is 2.00 e. The van der Waals surface area contributed by atoms with Crippen LogP contribution in [0.3, 0.4) is 0 Å². The van der Waals surface area contributed by atoms with Crippen molar-refractivity contribution in [2.75, 3.05) is 33.4 Å². The molecule has 37 nitrogen and oxygen atoms in total. The molecule has 3 aliphatic carbocycles. The van der Waals surface area contributed by atoms with E-state index in [0.29, 0.717) is 82.3 Å². The number of ether oxygens (including phenoxy) is 1. The Kier molecular flexibility index (Phi) is 80.5. The first-order valence-corrected chi connectivity index (χ1v) is 31.8. The molecule has 3 fully saturated rings. The molecular formula is C65H100N6O31Pt3. The first-order valence-electron chi connectivity index (χ1n) is 31.8. The van der Waals surface area contributed by atoms with E-state index in [1.165, 1.54) is 116 Å². The minimum Gasteiger partial charge on any atom is -0.677 e. The van der Waals surface area contributed by atoms with Crippen molar-refractivity contribution in [3.8, 4) is 0 Å². The van der Waals surface area contributed by atoms with Crippen molar-refractivity contribution < 1.29 is 216 Å². The van der Waals surface area contributed by atoms with Gasteiger partial charge in [-0.2, -0.15) is 35.9 Å². The molecule has 3 aliphatic heterocycles.